The van der Waals surface area contributed by atoms with E-state index in [1.807, 2.05) is 0 Å². The maximum atomic E-state index is 12.5. The fourth-order valence-electron chi connectivity index (χ4n) is 2.29. The number of aliphatic hydroxyl groups excluding tert-OH is 1. The number of nitrogens with zero attached hydrogens (tertiary/aromatic N) is 1. The lowest BCUT2D eigenvalue weighted by Crippen LogP contribution is -2.33. The molecule has 0 aromatic carbocycles. The van der Waals surface area contributed by atoms with E-state index in [1.54, 1.807) is 19.2 Å². The Morgan fingerprint density at radius 3 is 2.75 bits per heavy atom. The number of hydrogen-bond donors (Lipinski definition) is 1. The van der Waals surface area contributed by atoms with Crippen LogP contribution in [0.2, 0.25) is 0 Å². The Hall–Kier alpha value is -0.470. The van der Waals surface area contributed by atoms with Gasteiger partial charge in [-0.1, -0.05) is 0 Å². The molecule has 0 amide bonds. The molecule has 1 aliphatic heterocycles. The van der Waals surface area contributed by atoms with Gasteiger partial charge in [-0.15, -0.1) is 11.3 Å². The summed E-state index contributed by atoms with van der Waals surface area (Å²) in [6.07, 6.45) is 2.34. The first-order chi connectivity index (χ1) is 9.54. The van der Waals surface area contributed by atoms with Crippen molar-refractivity contribution >= 4 is 21.4 Å². The van der Waals surface area contributed by atoms with Crippen LogP contribution in [-0.4, -0.2) is 51.2 Å². The highest BCUT2D eigenvalue weighted by Gasteiger charge is 2.26. The maximum absolute atomic E-state index is 12.5. The molecule has 1 N–H and O–H groups in total. The second-order valence-electron chi connectivity index (χ2n) is 5.04. The minimum Gasteiger partial charge on any atom is -0.396 e. The molecule has 0 atom stereocenters. The van der Waals surface area contributed by atoms with Gasteiger partial charge in [0.2, 0.25) is 0 Å². The van der Waals surface area contributed by atoms with Crippen molar-refractivity contribution in [3.05, 3.63) is 17.0 Å². The van der Waals surface area contributed by atoms with Crippen molar-refractivity contribution in [1.29, 1.82) is 0 Å². The molecule has 0 radical (unpaired) electrons. The molecule has 0 spiro atoms. The lowest BCUT2D eigenvalue weighted by atomic mass is 10.0. The Balaban J connectivity index is 2.03. The molecule has 0 saturated carbocycles. The summed E-state index contributed by atoms with van der Waals surface area (Å²) in [4.78, 5) is 0.894. The molecule has 0 unspecified atom stereocenters. The number of thiophene rings is 1. The zero-order valence-electron chi connectivity index (χ0n) is 11.6. The van der Waals surface area contributed by atoms with E-state index >= 15 is 0 Å². The van der Waals surface area contributed by atoms with Crippen LogP contribution in [0.5, 0.6) is 0 Å². The largest absolute Gasteiger partial charge is 0.396 e. The highest BCUT2D eigenvalue weighted by molar-refractivity contribution is 7.91. The number of rotatable bonds is 6. The molecule has 2 rings (SSSR count). The number of hydrogen-bond acceptors (Lipinski definition) is 5. The molecule has 0 bridgehead atoms. The molecule has 1 saturated heterocycles. The molecular formula is C13H21NO4S2. The van der Waals surface area contributed by atoms with Gasteiger partial charge in [-0.05, 0) is 30.9 Å². The van der Waals surface area contributed by atoms with Crippen LogP contribution in [0.15, 0.2) is 16.3 Å². The number of sulfonamides is 1. The van der Waals surface area contributed by atoms with E-state index in [2.05, 4.69) is 0 Å². The summed E-state index contributed by atoms with van der Waals surface area (Å²) in [5.41, 5.74) is 0. The first-order valence-electron chi connectivity index (χ1n) is 6.77. The predicted octanol–water partition coefficient (Wildman–Crippen LogP) is 1.33. The smallest absolute Gasteiger partial charge is 0.252 e. The normalized spacial score (nSPS) is 17.8. The zero-order chi connectivity index (χ0) is 14.6. The van der Waals surface area contributed by atoms with E-state index in [0.29, 0.717) is 23.1 Å². The Bertz CT molecular complexity index is 520. The number of ether oxygens (including phenoxy) is 1. The Kier molecular flexibility index (Phi) is 5.57. The minimum absolute atomic E-state index is 0.0396. The average molecular weight is 319 g/mol. The molecule has 5 nitrogen and oxygen atoms in total. The molecule has 0 aliphatic carbocycles. The van der Waals surface area contributed by atoms with Crippen molar-refractivity contribution in [2.75, 3.05) is 33.4 Å². The topological polar surface area (TPSA) is 66.8 Å². The van der Waals surface area contributed by atoms with Gasteiger partial charge in [0.25, 0.3) is 10.0 Å². The second kappa shape index (κ2) is 7.00. The summed E-state index contributed by atoms with van der Waals surface area (Å²) in [6.45, 7) is 2.02. The van der Waals surface area contributed by atoms with Crippen molar-refractivity contribution < 1.29 is 18.3 Å². The third kappa shape index (κ3) is 3.79. The van der Waals surface area contributed by atoms with Crippen LogP contribution in [-0.2, 0) is 21.2 Å². The first kappa shape index (κ1) is 15.9. The molecular weight excluding hydrogens is 298 g/mol. The van der Waals surface area contributed by atoms with Gasteiger partial charge < -0.3 is 9.84 Å². The Labute approximate surface area is 124 Å². The molecule has 2 heterocycles. The molecule has 20 heavy (non-hydrogen) atoms. The van der Waals surface area contributed by atoms with Crippen LogP contribution in [0, 0.1) is 5.92 Å². The van der Waals surface area contributed by atoms with Gasteiger partial charge in [-0.3, -0.25) is 0 Å². The Morgan fingerprint density at radius 2 is 2.10 bits per heavy atom. The zero-order valence-corrected chi connectivity index (χ0v) is 13.3. The van der Waals surface area contributed by atoms with Gasteiger partial charge in [0, 0.05) is 44.7 Å². The molecule has 114 valence electrons. The molecule has 7 heteroatoms. The summed E-state index contributed by atoms with van der Waals surface area (Å²) in [5.74, 6) is 0.375. The third-order valence-corrected chi connectivity index (χ3v) is 6.95. The summed E-state index contributed by atoms with van der Waals surface area (Å²) in [5, 5.41) is 8.89. The van der Waals surface area contributed by atoms with Gasteiger partial charge in [-0.2, -0.15) is 4.31 Å². The molecule has 1 aromatic rings. The van der Waals surface area contributed by atoms with E-state index in [9.17, 15) is 8.42 Å². The summed E-state index contributed by atoms with van der Waals surface area (Å²) < 4.78 is 32.0. The fraction of sp³-hybridized carbons (Fsp3) is 0.692. The highest BCUT2D eigenvalue weighted by atomic mass is 32.2. The average Bonchev–Trinajstić information content (AvgIpc) is 2.89. The predicted molar refractivity (Wildman–Crippen MR) is 78.5 cm³/mol. The van der Waals surface area contributed by atoms with Crippen molar-refractivity contribution in [1.82, 2.24) is 4.31 Å². The molecule has 1 aliphatic rings. The summed E-state index contributed by atoms with van der Waals surface area (Å²) in [7, 11) is -1.77. The lowest BCUT2D eigenvalue weighted by Gasteiger charge is -2.26. The van der Waals surface area contributed by atoms with Crippen LogP contribution in [0.1, 0.15) is 17.7 Å². The lowest BCUT2D eigenvalue weighted by molar-refractivity contribution is 0.0620. The third-order valence-electron chi connectivity index (χ3n) is 3.52. The van der Waals surface area contributed by atoms with Crippen LogP contribution in [0.3, 0.4) is 0 Å². The Morgan fingerprint density at radius 1 is 1.40 bits per heavy atom. The van der Waals surface area contributed by atoms with E-state index in [-0.39, 0.29) is 6.61 Å². The van der Waals surface area contributed by atoms with E-state index in [0.717, 1.165) is 30.9 Å². The standard InChI is InChI=1S/C13H21NO4S2/c1-14(10-11-5-8-18-9-6-11)20(16,17)13-3-2-12(19-13)4-7-15/h2-3,11,15H,4-10H2,1H3. The van der Waals surface area contributed by atoms with Crippen molar-refractivity contribution in [3.63, 3.8) is 0 Å². The quantitative estimate of drug-likeness (QED) is 0.859. The maximum Gasteiger partial charge on any atom is 0.252 e. The summed E-state index contributed by atoms with van der Waals surface area (Å²) in [6, 6.07) is 3.40. The van der Waals surface area contributed by atoms with Crippen molar-refractivity contribution in [3.8, 4) is 0 Å². The van der Waals surface area contributed by atoms with Crippen LogP contribution < -0.4 is 0 Å². The minimum atomic E-state index is -3.41. The van der Waals surface area contributed by atoms with Gasteiger partial charge in [0.1, 0.15) is 4.21 Å². The highest BCUT2D eigenvalue weighted by Crippen LogP contribution is 2.26. The van der Waals surface area contributed by atoms with Gasteiger partial charge in [0.15, 0.2) is 0 Å². The van der Waals surface area contributed by atoms with Gasteiger partial charge in [-0.25, -0.2) is 8.42 Å². The second-order valence-corrected chi connectivity index (χ2v) is 8.48. The monoisotopic (exact) mass is 319 g/mol. The van der Waals surface area contributed by atoms with E-state index in [1.165, 1.54) is 15.6 Å². The SMILES string of the molecule is CN(CC1CCOCC1)S(=O)(=O)c1ccc(CCO)s1. The van der Waals surface area contributed by atoms with Crippen LogP contribution in [0.25, 0.3) is 0 Å². The first-order valence-corrected chi connectivity index (χ1v) is 9.03. The van der Waals surface area contributed by atoms with E-state index < -0.39 is 10.0 Å². The van der Waals surface area contributed by atoms with Crippen molar-refractivity contribution in [2.45, 2.75) is 23.5 Å². The molecule has 1 fully saturated rings. The van der Waals surface area contributed by atoms with Gasteiger partial charge >= 0.3 is 0 Å². The summed E-state index contributed by atoms with van der Waals surface area (Å²) >= 11 is 1.24. The van der Waals surface area contributed by atoms with E-state index in [4.69, 9.17) is 9.84 Å². The van der Waals surface area contributed by atoms with Crippen LogP contribution >= 0.6 is 11.3 Å². The fourth-order valence-corrected chi connectivity index (χ4v) is 5.09. The van der Waals surface area contributed by atoms with Crippen molar-refractivity contribution in [2.24, 2.45) is 5.92 Å². The van der Waals surface area contributed by atoms with Gasteiger partial charge in [0.05, 0.1) is 0 Å². The number of aliphatic hydroxyl groups is 1. The van der Waals surface area contributed by atoms with Crippen LogP contribution in [0.4, 0.5) is 0 Å². The molecule has 1 aromatic heterocycles.